The van der Waals surface area contributed by atoms with Crippen LogP contribution in [-0.2, 0) is 6.42 Å². The van der Waals surface area contributed by atoms with E-state index in [4.69, 9.17) is 27.9 Å². The predicted octanol–water partition coefficient (Wildman–Crippen LogP) is 4.45. The van der Waals surface area contributed by atoms with Crippen LogP contribution >= 0.6 is 35.0 Å². The molecular weight excluding hydrogens is 327 g/mol. The Kier molecular flexibility index (Phi) is 4.65. The highest BCUT2D eigenvalue weighted by Crippen LogP contribution is 2.36. The summed E-state index contributed by atoms with van der Waals surface area (Å²) in [6.45, 7) is 0. The molecule has 0 saturated heterocycles. The molecule has 2 unspecified atom stereocenters. The van der Waals surface area contributed by atoms with Gasteiger partial charge >= 0.3 is 0 Å². The summed E-state index contributed by atoms with van der Waals surface area (Å²) < 4.78 is 5.89. The third-order valence-corrected chi connectivity index (χ3v) is 5.29. The first-order valence-corrected chi connectivity index (χ1v) is 8.39. The SMILES string of the molecule is OC(Cc1c(Cl)cccc1Cl)C1CSc2ccccc2O1. The van der Waals surface area contributed by atoms with Gasteiger partial charge in [0.2, 0.25) is 0 Å². The first-order valence-electron chi connectivity index (χ1n) is 6.64. The Morgan fingerprint density at radius 2 is 1.86 bits per heavy atom. The lowest BCUT2D eigenvalue weighted by Crippen LogP contribution is -2.37. The van der Waals surface area contributed by atoms with E-state index in [0.717, 1.165) is 16.2 Å². The Balaban J connectivity index is 1.74. The molecule has 0 radical (unpaired) electrons. The van der Waals surface area contributed by atoms with Crippen molar-refractivity contribution in [2.24, 2.45) is 0 Å². The van der Waals surface area contributed by atoms with Crippen LogP contribution in [-0.4, -0.2) is 23.1 Å². The monoisotopic (exact) mass is 340 g/mol. The van der Waals surface area contributed by atoms with Gasteiger partial charge in [-0.15, -0.1) is 11.8 Å². The second kappa shape index (κ2) is 6.49. The zero-order chi connectivity index (χ0) is 14.8. The molecule has 0 bridgehead atoms. The molecule has 0 fully saturated rings. The molecule has 1 N–H and O–H groups in total. The van der Waals surface area contributed by atoms with Gasteiger partial charge in [-0.3, -0.25) is 0 Å². The van der Waals surface area contributed by atoms with E-state index in [1.807, 2.05) is 24.3 Å². The summed E-state index contributed by atoms with van der Waals surface area (Å²) in [5, 5.41) is 11.6. The maximum absolute atomic E-state index is 10.4. The van der Waals surface area contributed by atoms with Crippen molar-refractivity contribution in [3.8, 4) is 5.75 Å². The fourth-order valence-electron chi connectivity index (χ4n) is 2.29. The van der Waals surface area contributed by atoms with Crippen LogP contribution in [0.3, 0.4) is 0 Å². The van der Waals surface area contributed by atoms with Crippen molar-refractivity contribution in [3.63, 3.8) is 0 Å². The van der Waals surface area contributed by atoms with E-state index in [0.29, 0.717) is 22.2 Å². The number of halogens is 2. The molecule has 2 aromatic rings. The largest absolute Gasteiger partial charge is 0.486 e. The molecule has 1 aliphatic heterocycles. The third-order valence-electron chi connectivity index (χ3n) is 3.43. The first-order chi connectivity index (χ1) is 10.1. The molecule has 1 aliphatic rings. The molecule has 0 amide bonds. The van der Waals surface area contributed by atoms with E-state index in [1.54, 1.807) is 30.0 Å². The molecule has 0 aliphatic carbocycles. The summed E-state index contributed by atoms with van der Waals surface area (Å²) in [6.07, 6.45) is -0.535. The minimum absolute atomic E-state index is 0.266. The Morgan fingerprint density at radius 1 is 1.14 bits per heavy atom. The standard InChI is InChI=1S/C16H14Cl2O2S/c17-11-4-3-5-12(18)10(11)8-13(19)15-9-21-16-7-2-1-6-14(16)20-15/h1-7,13,15,19H,8-9H2. The van der Waals surface area contributed by atoms with Crippen LogP contribution in [0.4, 0.5) is 0 Å². The van der Waals surface area contributed by atoms with Crippen LogP contribution < -0.4 is 4.74 Å². The molecule has 2 atom stereocenters. The van der Waals surface area contributed by atoms with Crippen molar-refractivity contribution < 1.29 is 9.84 Å². The highest BCUT2D eigenvalue weighted by atomic mass is 35.5. The molecular formula is C16H14Cl2O2S. The summed E-state index contributed by atoms with van der Waals surface area (Å²) in [6, 6.07) is 13.2. The molecule has 110 valence electrons. The number of hydrogen-bond acceptors (Lipinski definition) is 3. The molecule has 1 heterocycles. The average Bonchev–Trinajstić information content (AvgIpc) is 2.50. The van der Waals surface area contributed by atoms with Crippen LogP contribution in [0.15, 0.2) is 47.4 Å². The summed E-state index contributed by atoms with van der Waals surface area (Å²) in [5.41, 5.74) is 0.765. The van der Waals surface area contributed by atoms with Gasteiger partial charge in [0.15, 0.2) is 0 Å². The number of aliphatic hydroxyl groups excluding tert-OH is 1. The van der Waals surface area contributed by atoms with Crippen molar-refractivity contribution in [2.75, 3.05) is 5.75 Å². The van der Waals surface area contributed by atoms with Crippen molar-refractivity contribution in [1.82, 2.24) is 0 Å². The fraction of sp³-hybridized carbons (Fsp3) is 0.250. The molecule has 3 rings (SSSR count). The summed E-state index contributed by atoms with van der Waals surface area (Å²) in [5.74, 6) is 1.53. The maximum atomic E-state index is 10.4. The van der Waals surface area contributed by atoms with Crippen LogP contribution in [0.5, 0.6) is 5.75 Å². The maximum Gasteiger partial charge on any atom is 0.134 e. The van der Waals surface area contributed by atoms with E-state index in [2.05, 4.69) is 0 Å². The van der Waals surface area contributed by atoms with E-state index in [9.17, 15) is 5.11 Å². The zero-order valence-corrected chi connectivity index (χ0v) is 13.5. The van der Waals surface area contributed by atoms with Gasteiger partial charge in [0, 0.05) is 27.1 Å². The summed E-state index contributed by atoms with van der Waals surface area (Å²) in [4.78, 5) is 1.11. The molecule has 21 heavy (non-hydrogen) atoms. The van der Waals surface area contributed by atoms with Crippen molar-refractivity contribution in [2.45, 2.75) is 23.5 Å². The van der Waals surface area contributed by atoms with Crippen LogP contribution in [0.25, 0.3) is 0 Å². The lowest BCUT2D eigenvalue weighted by Gasteiger charge is -2.29. The summed E-state index contributed by atoms with van der Waals surface area (Å²) >= 11 is 14.0. The molecule has 0 aromatic heterocycles. The van der Waals surface area contributed by atoms with Crippen LogP contribution in [0, 0.1) is 0 Å². The number of benzene rings is 2. The quantitative estimate of drug-likeness (QED) is 0.894. The normalized spacial score (nSPS) is 18.7. The van der Waals surface area contributed by atoms with Gasteiger partial charge in [0.05, 0.1) is 6.10 Å². The molecule has 2 aromatic carbocycles. The smallest absolute Gasteiger partial charge is 0.134 e. The first kappa shape index (κ1) is 15.0. The number of para-hydroxylation sites is 1. The van der Waals surface area contributed by atoms with Gasteiger partial charge in [-0.2, -0.15) is 0 Å². The minimum atomic E-state index is -0.650. The predicted molar refractivity (Wildman–Crippen MR) is 87.8 cm³/mol. The van der Waals surface area contributed by atoms with Crippen LogP contribution in [0.2, 0.25) is 10.0 Å². The molecule has 0 spiro atoms. The topological polar surface area (TPSA) is 29.5 Å². The van der Waals surface area contributed by atoms with E-state index in [-0.39, 0.29) is 6.10 Å². The second-order valence-corrected chi connectivity index (χ2v) is 6.76. The number of rotatable bonds is 3. The lowest BCUT2D eigenvalue weighted by molar-refractivity contribution is 0.0469. The third kappa shape index (κ3) is 3.32. The average molecular weight is 341 g/mol. The van der Waals surface area contributed by atoms with Gasteiger partial charge < -0.3 is 9.84 Å². The van der Waals surface area contributed by atoms with Gasteiger partial charge in [0.25, 0.3) is 0 Å². The minimum Gasteiger partial charge on any atom is -0.486 e. The van der Waals surface area contributed by atoms with E-state index in [1.165, 1.54) is 0 Å². The Labute approximate surface area is 138 Å². The number of ether oxygens (including phenoxy) is 1. The number of fused-ring (bicyclic) bond motifs is 1. The van der Waals surface area contributed by atoms with E-state index >= 15 is 0 Å². The molecule has 5 heteroatoms. The number of hydrogen-bond donors (Lipinski definition) is 1. The fourth-order valence-corrected chi connectivity index (χ4v) is 3.91. The van der Waals surface area contributed by atoms with Gasteiger partial charge in [-0.1, -0.05) is 41.4 Å². The highest BCUT2D eigenvalue weighted by molar-refractivity contribution is 7.99. The van der Waals surface area contributed by atoms with Crippen molar-refractivity contribution in [1.29, 1.82) is 0 Å². The lowest BCUT2D eigenvalue weighted by atomic mass is 10.0. The Bertz CT molecular complexity index is 628. The molecule has 0 saturated carbocycles. The number of thioether (sulfide) groups is 1. The second-order valence-electron chi connectivity index (χ2n) is 4.89. The van der Waals surface area contributed by atoms with Gasteiger partial charge in [-0.25, -0.2) is 0 Å². The number of aliphatic hydroxyl groups is 1. The molecule has 2 nitrogen and oxygen atoms in total. The highest BCUT2D eigenvalue weighted by Gasteiger charge is 2.27. The van der Waals surface area contributed by atoms with E-state index < -0.39 is 6.10 Å². The van der Waals surface area contributed by atoms with Crippen molar-refractivity contribution in [3.05, 3.63) is 58.1 Å². The van der Waals surface area contributed by atoms with Crippen molar-refractivity contribution >= 4 is 35.0 Å². The van der Waals surface area contributed by atoms with Gasteiger partial charge in [-0.05, 0) is 29.8 Å². The van der Waals surface area contributed by atoms with Gasteiger partial charge in [0.1, 0.15) is 11.9 Å². The summed E-state index contributed by atoms with van der Waals surface area (Å²) in [7, 11) is 0. The zero-order valence-electron chi connectivity index (χ0n) is 11.1. The Morgan fingerprint density at radius 3 is 2.62 bits per heavy atom. The Hall–Kier alpha value is -0.870. The van der Waals surface area contributed by atoms with Crippen LogP contribution in [0.1, 0.15) is 5.56 Å².